The molecule has 0 atom stereocenters. The monoisotopic (exact) mass is 381 g/mol. The van der Waals surface area contributed by atoms with Crippen LogP contribution in [0.2, 0.25) is 0 Å². The number of benzene rings is 1. The normalized spacial score (nSPS) is 11.0. The van der Waals surface area contributed by atoms with E-state index >= 15 is 0 Å². The van der Waals surface area contributed by atoms with Crippen LogP contribution in [0.5, 0.6) is 5.75 Å². The third-order valence-corrected chi connectivity index (χ3v) is 4.93. The number of Topliss-reactive ketones (excluding diaryl/α,β-unsaturated/α-hetero) is 1. The SMILES string of the molecule is Cc1ccc(OC(F)F)c(C(=O)CSc2n[nH]c(-c3cccs3)n2)c1. The number of carbonyl (C=O) groups excluding carboxylic acids is 1. The second-order valence-electron chi connectivity index (χ2n) is 5.03. The fourth-order valence-electron chi connectivity index (χ4n) is 2.10. The molecule has 3 rings (SSSR count). The number of hydrogen-bond donors (Lipinski definition) is 1. The van der Waals surface area contributed by atoms with Crippen molar-refractivity contribution in [1.29, 1.82) is 0 Å². The standard InChI is InChI=1S/C16H13F2N3O2S2/c1-9-4-5-12(23-15(17)18)10(7-9)11(22)8-25-16-19-14(20-21-16)13-3-2-6-24-13/h2-7,15H,8H2,1H3,(H,19,20,21). The third kappa shape index (κ3) is 4.43. The van der Waals surface area contributed by atoms with Gasteiger partial charge in [0, 0.05) is 0 Å². The summed E-state index contributed by atoms with van der Waals surface area (Å²) in [7, 11) is 0. The highest BCUT2D eigenvalue weighted by Gasteiger charge is 2.17. The van der Waals surface area contributed by atoms with Crippen LogP contribution in [0.1, 0.15) is 15.9 Å². The van der Waals surface area contributed by atoms with Gasteiger partial charge >= 0.3 is 6.61 Å². The van der Waals surface area contributed by atoms with Gasteiger partial charge < -0.3 is 4.74 Å². The number of ether oxygens (including phenoxy) is 1. The molecular weight excluding hydrogens is 368 g/mol. The first-order valence-corrected chi connectivity index (χ1v) is 9.07. The summed E-state index contributed by atoms with van der Waals surface area (Å²) < 4.78 is 29.4. The summed E-state index contributed by atoms with van der Waals surface area (Å²) in [4.78, 5) is 17.7. The molecule has 0 aliphatic rings. The van der Waals surface area contributed by atoms with E-state index in [0.29, 0.717) is 11.0 Å². The number of aryl methyl sites for hydroxylation is 1. The third-order valence-electron chi connectivity index (χ3n) is 3.20. The predicted octanol–water partition coefficient (Wildman–Crippen LogP) is 4.42. The Hall–Kier alpha value is -2.26. The van der Waals surface area contributed by atoms with Gasteiger partial charge in [0.25, 0.3) is 0 Å². The number of halogens is 2. The van der Waals surface area contributed by atoms with Crippen molar-refractivity contribution < 1.29 is 18.3 Å². The Morgan fingerprint density at radius 2 is 2.24 bits per heavy atom. The van der Waals surface area contributed by atoms with E-state index in [2.05, 4.69) is 19.9 Å². The molecule has 0 fully saturated rings. The highest BCUT2D eigenvalue weighted by atomic mass is 32.2. The number of aromatic nitrogens is 3. The molecule has 1 aromatic carbocycles. The smallest absolute Gasteiger partial charge is 0.387 e. The van der Waals surface area contributed by atoms with E-state index in [-0.39, 0.29) is 22.8 Å². The van der Waals surface area contributed by atoms with Crippen LogP contribution in [-0.4, -0.2) is 33.3 Å². The molecule has 1 N–H and O–H groups in total. The molecule has 0 bridgehead atoms. The van der Waals surface area contributed by atoms with E-state index < -0.39 is 6.61 Å². The summed E-state index contributed by atoms with van der Waals surface area (Å²) in [5.41, 5.74) is 0.912. The fraction of sp³-hybridized carbons (Fsp3) is 0.188. The summed E-state index contributed by atoms with van der Waals surface area (Å²) in [6.45, 7) is -1.21. The summed E-state index contributed by atoms with van der Waals surface area (Å²) in [6, 6.07) is 8.34. The van der Waals surface area contributed by atoms with Gasteiger partial charge in [0.05, 0.1) is 16.2 Å². The fourth-order valence-corrected chi connectivity index (χ4v) is 3.45. The van der Waals surface area contributed by atoms with Crippen LogP contribution in [0, 0.1) is 6.92 Å². The van der Waals surface area contributed by atoms with Crippen molar-refractivity contribution in [2.45, 2.75) is 18.7 Å². The highest BCUT2D eigenvalue weighted by Crippen LogP contribution is 2.26. The zero-order valence-electron chi connectivity index (χ0n) is 13.0. The van der Waals surface area contributed by atoms with Crippen LogP contribution < -0.4 is 4.74 Å². The number of thioether (sulfide) groups is 1. The highest BCUT2D eigenvalue weighted by molar-refractivity contribution is 7.99. The first kappa shape index (κ1) is 17.6. The second kappa shape index (κ2) is 7.75. The molecule has 130 valence electrons. The Balaban J connectivity index is 1.69. The molecule has 0 aliphatic heterocycles. The molecule has 0 aliphatic carbocycles. The Kier molecular flexibility index (Phi) is 5.44. The molecule has 0 saturated heterocycles. The maximum Gasteiger partial charge on any atom is 0.387 e. The summed E-state index contributed by atoms with van der Waals surface area (Å²) >= 11 is 2.66. The Morgan fingerprint density at radius 3 is 2.96 bits per heavy atom. The van der Waals surface area contributed by atoms with Gasteiger partial charge in [-0.1, -0.05) is 29.5 Å². The number of rotatable bonds is 7. The average molecular weight is 381 g/mol. The van der Waals surface area contributed by atoms with Gasteiger partial charge in [-0.15, -0.1) is 16.4 Å². The predicted molar refractivity (Wildman–Crippen MR) is 92.6 cm³/mol. The molecule has 0 radical (unpaired) electrons. The van der Waals surface area contributed by atoms with Crippen LogP contribution in [0.4, 0.5) is 8.78 Å². The minimum atomic E-state index is -2.98. The van der Waals surface area contributed by atoms with Gasteiger partial charge in [-0.3, -0.25) is 9.89 Å². The zero-order valence-corrected chi connectivity index (χ0v) is 14.7. The van der Waals surface area contributed by atoms with Crippen molar-refractivity contribution in [2.75, 3.05) is 5.75 Å². The van der Waals surface area contributed by atoms with E-state index in [4.69, 9.17) is 0 Å². The molecule has 2 aromatic heterocycles. The molecule has 25 heavy (non-hydrogen) atoms. The largest absolute Gasteiger partial charge is 0.434 e. The van der Waals surface area contributed by atoms with Crippen LogP contribution in [0.3, 0.4) is 0 Å². The van der Waals surface area contributed by atoms with Crippen molar-refractivity contribution in [3.05, 3.63) is 46.8 Å². The lowest BCUT2D eigenvalue weighted by atomic mass is 10.1. The maximum absolute atomic E-state index is 12.5. The minimum Gasteiger partial charge on any atom is -0.434 e. The number of nitrogens with one attached hydrogen (secondary N) is 1. The Bertz CT molecular complexity index is 866. The van der Waals surface area contributed by atoms with Crippen molar-refractivity contribution in [3.63, 3.8) is 0 Å². The molecule has 0 spiro atoms. The number of hydrogen-bond acceptors (Lipinski definition) is 6. The van der Waals surface area contributed by atoms with Crippen molar-refractivity contribution in [2.24, 2.45) is 0 Å². The minimum absolute atomic E-state index is 0.0186. The van der Waals surface area contributed by atoms with Gasteiger partial charge in [0.1, 0.15) is 5.75 Å². The molecule has 0 unspecified atom stereocenters. The number of aromatic amines is 1. The first-order valence-electron chi connectivity index (χ1n) is 7.20. The van der Waals surface area contributed by atoms with Crippen LogP contribution in [0.15, 0.2) is 40.9 Å². The van der Waals surface area contributed by atoms with Crippen molar-refractivity contribution in [3.8, 4) is 16.5 Å². The molecule has 0 saturated carbocycles. The van der Waals surface area contributed by atoms with Gasteiger partial charge in [-0.25, -0.2) is 4.98 Å². The first-order chi connectivity index (χ1) is 12.0. The molecule has 0 amide bonds. The molecule has 3 aromatic rings. The van der Waals surface area contributed by atoms with Crippen molar-refractivity contribution in [1.82, 2.24) is 15.2 Å². The Labute approximate surface area is 150 Å². The Morgan fingerprint density at radius 1 is 1.40 bits per heavy atom. The zero-order chi connectivity index (χ0) is 17.8. The summed E-state index contributed by atoms with van der Waals surface area (Å²) in [5, 5.41) is 9.21. The quantitative estimate of drug-likeness (QED) is 0.485. The lowest BCUT2D eigenvalue weighted by Gasteiger charge is -2.10. The van der Waals surface area contributed by atoms with E-state index in [0.717, 1.165) is 22.2 Å². The summed E-state index contributed by atoms with van der Waals surface area (Å²) in [6.07, 6.45) is 0. The average Bonchev–Trinajstić information content (AvgIpc) is 3.25. The topological polar surface area (TPSA) is 67.9 Å². The van der Waals surface area contributed by atoms with Gasteiger partial charge in [0.2, 0.25) is 5.16 Å². The van der Waals surface area contributed by atoms with Crippen molar-refractivity contribution >= 4 is 28.9 Å². The number of thiophene rings is 1. The second-order valence-corrected chi connectivity index (χ2v) is 6.92. The van der Waals surface area contributed by atoms with Gasteiger partial charge in [-0.05, 0) is 30.5 Å². The molecule has 9 heteroatoms. The van der Waals surface area contributed by atoms with E-state index in [9.17, 15) is 13.6 Å². The number of nitrogens with zero attached hydrogens (tertiary/aromatic N) is 2. The molecular formula is C16H13F2N3O2S2. The number of H-pyrrole nitrogens is 1. The van der Waals surface area contributed by atoms with E-state index in [1.807, 2.05) is 17.5 Å². The van der Waals surface area contributed by atoms with Gasteiger partial charge in [-0.2, -0.15) is 8.78 Å². The molecule has 2 heterocycles. The van der Waals surface area contributed by atoms with Crippen LogP contribution >= 0.6 is 23.1 Å². The maximum atomic E-state index is 12.5. The van der Waals surface area contributed by atoms with Gasteiger partial charge in [0.15, 0.2) is 11.6 Å². The van der Waals surface area contributed by atoms with E-state index in [1.165, 1.54) is 23.5 Å². The summed E-state index contributed by atoms with van der Waals surface area (Å²) in [5.74, 6) is 0.194. The lowest BCUT2D eigenvalue weighted by molar-refractivity contribution is -0.0501. The van der Waals surface area contributed by atoms with Crippen LogP contribution in [0.25, 0.3) is 10.7 Å². The number of ketones is 1. The number of carbonyl (C=O) groups is 1. The van der Waals surface area contributed by atoms with Crippen LogP contribution in [-0.2, 0) is 0 Å². The lowest BCUT2D eigenvalue weighted by Crippen LogP contribution is -2.10. The molecule has 5 nitrogen and oxygen atoms in total. The number of alkyl halides is 2. The van der Waals surface area contributed by atoms with E-state index in [1.54, 1.807) is 13.0 Å².